The molecular formula is C8H7BN2O2. The minimum atomic E-state index is -1.52. The maximum atomic E-state index is 9.00. The van der Waals surface area contributed by atoms with Crippen LogP contribution in [0.2, 0.25) is 0 Å². The van der Waals surface area contributed by atoms with Crippen LogP contribution in [0.15, 0.2) is 30.7 Å². The number of nitrogens with zero attached hydrogens (tertiary/aromatic N) is 2. The summed E-state index contributed by atoms with van der Waals surface area (Å²) in [6, 6.07) is 3.60. The molecule has 0 aliphatic carbocycles. The summed E-state index contributed by atoms with van der Waals surface area (Å²) in [5, 5.41) is 18.8. The average molecular weight is 174 g/mol. The quantitative estimate of drug-likeness (QED) is 0.561. The number of aromatic nitrogens is 2. The number of rotatable bonds is 1. The third-order valence-corrected chi connectivity index (χ3v) is 1.82. The van der Waals surface area contributed by atoms with E-state index in [0.717, 1.165) is 5.39 Å². The van der Waals surface area contributed by atoms with Crippen LogP contribution in [-0.2, 0) is 0 Å². The Labute approximate surface area is 75.0 Å². The molecule has 2 aromatic rings. The van der Waals surface area contributed by atoms with Crippen molar-refractivity contribution in [2.24, 2.45) is 0 Å². The van der Waals surface area contributed by atoms with Gasteiger partial charge in [0.05, 0.1) is 5.52 Å². The Hall–Kier alpha value is -1.46. The number of pyridine rings is 2. The second kappa shape index (κ2) is 3.12. The van der Waals surface area contributed by atoms with Crippen molar-refractivity contribution < 1.29 is 10.0 Å². The monoisotopic (exact) mass is 174 g/mol. The molecule has 0 amide bonds. The predicted molar refractivity (Wildman–Crippen MR) is 49.4 cm³/mol. The van der Waals surface area contributed by atoms with Crippen molar-refractivity contribution in [1.82, 2.24) is 9.97 Å². The molecule has 0 aliphatic heterocycles. The fraction of sp³-hybridized carbons (Fsp3) is 0. The Balaban J connectivity index is 2.76. The van der Waals surface area contributed by atoms with Gasteiger partial charge < -0.3 is 10.0 Å². The minimum Gasteiger partial charge on any atom is -0.423 e. The van der Waals surface area contributed by atoms with E-state index in [1.165, 1.54) is 6.20 Å². The lowest BCUT2D eigenvalue weighted by Crippen LogP contribution is -2.31. The zero-order valence-electron chi connectivity index (χ0n) is 6.75. The van der Waals surface area contributed by atoms with Crippen LogP contribution in [0.3, 0.4) is 0 Å². The SMILES string of the molecule is OB(O)c1cncc2cccnc12. The number of hydrogen-bond donors (Lipinski definition) is 2. The third-order valence-electron chi connectivity index (χ3n) is 1.82. The molecule has 0 unspecified atom stereocenters. The Morgan fingerprint density at radius 1 is 1.23 bits per heavy atom. The van der Waals surface area contributed by atoms with Crippen molar-refractivity contribution in [1.29, 1.82) is 0 Å². The summed E-state index contributed by atoms with van der Waals surface area (Å²) in [7, 11) is -1.52. The second-order valence-electron chi connectivity index (χ2n) is 2.68. The van der Waals surface area contributed by atoms with Gasteiger partial charge in [-0.15, -0.1) is 0 Å². The van der Waals surface area contributed by atoms with Crippen molar-refractivity contribution >= 4 is 23.5 Å². The summed E-state index contributed by atoms with van der Waals surface area (Å²) in [4.78, 5) is 7.92. The van der Waals surface area contributed by atoms with E-state index in [2.05, 4.69) is 9.97 Å². The zero-order chi connectivity index (χ0) is 9.26. The molecule has 2 rings (SSSR count). The van der Waals surface area contributed by atoms with Gasteiger partial charge in [0.25, 0.3) is 0 Å². The molecule has 0 aliphatic rings. The summed E-state index contributed by atoms with van der Waals surface area (Å²) in [6.45, 7) is 0. The van der Waals surface area contributed by atoms with Gasteiger partial charge in [-0.2, -0.15) is 0 Å². The molecule has 0 radical (unpaired) electrons. The van der Waals surface area contributed by atoms with Gasteiger partial charge in [-0.1, -0.05) is 0 Å². The van der Waals surface area contributed by atoms with E-state index in [1.54, 1.807) is 18.5 Å². The smallest absolute Gasteiger partial charge is 0.423 e. The van der Waals surface area contributed by atoms with Gasteiger partial charge in [0.15, 0.2) is 0 Å². The zero-order valence-corrected chi connectivity index (χ0v) is 6.75. The summed E-state index contributed by atoms with van der Waals surface area (Å²) >= 11 is 0. The maximum Gasteiger partial charge on any atom is 0.492 e. The van der Waals surface area contributed by atoms with Crippen molar-refractivity contribution in [3.05, 3.63) is 30.7 Å². The van der Waals surface area contributed by atoms with Crippen LogP contribution in [0.1, 0.15) is 0 Å². The van der Waals surface area contributed by atoms with Gasteiger partial charge in [-0.25, -0.2) is 0 Å². The van der Waals surface area contributed by atoms with Crippen LogP contribution in [0.5, 0.6) is 0 Å². The first kappa shape index (κ1) is 8.16. The first-order valence-electron chi connectivity index (χ1n) is 3.84. The molecule has 5 heteroatoms. The van der Waals surface area contributed by atoms with Crippen molar-refractivity contribution in [3.8, 4) is 0 Å². The fourth-order valence-corrected chi connectivity index (χ4v) is 1.21. The van der Waals surface area contributed by atoms with E-state index in [9.17, 15) is 0 Å². The van der Waals surface area contributed by atoms with Gasteiger partial charge >= 0.3 is 7.12 Å². The topological polar surface area (TPSA) is 66.2 Å². The molecule has 4 nitrogen and oxygen atoms in total. The maximum absolute atomic E-state index is 9.00. The minimum absolute atomic E-state index is 0.332. The van der Waals surface area contributed by atoms with Crippen LogP contribution in [0, 0.1) is 0 Å². The van der Waals surface area contributed by atoms with Crippen LogP contribution < -0.4 is 5.46 Å². The summed E-state index contributed by atoms with van der Waals surface area (Å²) < 4.78 is 0. The van der Waals surface area contributed by atoms with Crippen molar-refractivity contribution in [2.75, 3.05) is 0 Å². The van der Waals surface area contributed by atoms with E-state index in [4.69, 9.17) is 10.0 Å². The lowest BCUT2D eigenvalue weighted by Gasteiger charge is -2.02. The molecule has 0 saturated carbocycles. The van der Waals surface area contributed by atoms with Crippen LogP contribution in [0.4, 0.5) is 0 Å². The van der Waals surface area contributed by atoms with Gasteiger partial charge in [0.2, 0.25) is 0 Å². The van der Waals surface area contributed by atoms with Crippen LogP contribution in [0.25, 0.3) is 10.9 Å². The third kappa shape index (κ3) is 1.39. The lowest BCUT2D eigenvalue weighted by molar-refractivity contribution is 0.426. The second-order valence-corrected chi connectivity index (χ2v) is 2.68. The highest BCUT2D eigenvalue weighted by Crippen LogP contribution is 2.05. The average Bonchev–Trinajstić information content (AvgIpc) is 2.17. The molecule has 0 saturated heterocycles. The lowest BCUT2D eigenvalue weighted by atomic mass is 9.80. The summed E-state index contributed by atoms with van der Waals surface area (Å²) in [5.41, 5.74) is 0.908. The molecule has 64 valence electrons. The standard InChI is InChI=1S/C8H7BN2O2/c12-9(13)7-5-10-4-6-2-1-3-11-8(6)7/h1-5,12-13H. The van der Waals surface area contributed by atoms with Gasteiger partial charge in [0.1, 0.15) is 0 Å². The fourth-order valence-electron chi connectivity index (χ4n) is 1.21. The highest BCUT2D eigenvalue weighted by atomic mass is 16.4. The molecule has 0 fully saturated rings. The van der Waals surface area contributed by atoms with E-state index in [-0.39, 0.29) is 0 Å². The van der Waals surface area contributed by atoms with Gasteiger partial charge in [-0.05, 0) is 12.1 Å². The molecule has 0 aromatic carbocycles. The Kier molecular flexibility index (Phi) is 1.96. The first-order chi connectivity index (χ1) is 6.29. The first-order valence-corrected chi connectivity index (χ1v) is 3.84. The van der Waals surface area contributed by atoms with Crippen LogP contribution >= 0.6 is 0 Å². The number of hydrogen-bond acceptors (Lipinski definition) is 4. The van der Waals surface area contributed by atoms with E-state index in [0.29, 0.717) is 11.0 Å². The van der Waals surface area contributed by atoms with E-state index >= 15 is 0 Å². The van der Waals surface area contributed by atoms with Gasteiger partial charge in [0, 0.05) is 29.4 Å². The summed E-state index contributed by atoms with van der Waals surface area (Å²) in [6.07, 6.45) is 4.64. The Morgan fingerprint density at radius 3 is 2.85 bits per heavy atom. The summed E-state index contributed by atoms with van der Waals surface area (Å²) in [5.74, 6) is 0. The highest BCUT2D eigenvalue weighted by molar-refractivity contribution is 6.61. The molecule has 2 aromatic heterocycles. The normalized spacial score (nSPS) is 10.3. The molecule has 2 N–H and O–H groups in total. The Morgan fingerprint density at radius 2 is 2.08 bits per heavy atom. The molecule has 0 bridgehead atoms. The molecule has 0 spiro atoms. The molecule has 13 heavy (non-hydrogen) atoms. The largest absolute Gasteiger partial charge is 0.492 e. The van der Waals surface area contributed by atoms with E-state index in [1.807, 2.05) is 6.07 Å². The molecular weight excluding hydrogens is 167 g/mol. The van der Waals surface area contributed by atoms with Crippen LogP contribution in [-0.4, -0.2) is 27.1 Å². The van der Waals surface area contributed by atoms with Gasteiger partial charge in [-0.3, -0.25) is 9.97 Å². The number of fused-ring (bicyclic) bond motifs is 1. The van der Waals surface area contributed by atoms with Crippen molar-refractivity contribution in [3.63, 3.8) is 0 Å². The van der Waals surface area contributed by atoms with Crippen molar-refractivity contribution in [2.45, 2.75) is 0 Å². The van der Waals surface area contributed by atoms with E-state index < -0.39 is 7.12 Å². The molecule has 2 heterocycles. The molecule has 0 atom stereocenters. The Bertz CT molecular complexity index is 428. The predicted octanol–water partition coefficient (Wildman–Crippen LogP) is -0.690. The highest BCUT2D eigenvalue weighted by Gasteiger charge is 2.15.